The Hall–Kier alpha value is -1.59. The van der Waals surface area contributed by atoms with Crippen LogP contribution in [-0.2, 0) is 0 Å². The number of ketones is 1. The van der Waals surface area contributed by atoms with Crippen LogP contribution >= 0.6 is 31.9 Å². The second-order valence-corrected chi connectivity index (χ2v) is 5.89. The van der Waals surface area contributed by atoms with Crippen molar-refractivity contribution in [1.29, 1.82) is 0 Å². The second-order valence-electron chi connectivity index (χ2n) is 4.24. The highest BCUT2D eigenvalue weighted by Gasteiger charge is 2.20. The first-order valence-corrected chi connectivity index (χ1v) is 7.36. The number of aromatic hydroxyl groups is 1. The van der Waals surface area contributed by atoms with E-state index in [9.17, 15) is 9.90 Å². The summed E-state index contributed by atoms with van der Waals surface area (Å²) < 4.78 is 6.36. The summed E-state index contributed by atoms with van der Waals surface area (Å²) in [7, 11) is 0. The first-order valence-electron chi connectivity index (χ1n) is 5.77. The summed E-state index contributed by atoms with van der Waals surface area (Å²) in [6.07, 6.45) is 1.41. The lowest BCUT2D eigenvalue weighted by Gasteiger charge is -2.03. The number of furan rings is 1. The largest absolute Gasteiger partial charge is 0.506 e. The zero-order chi connectivity index (χ0) is 14.3. The molecule has 1 heterocycles. The minimum Gasteiger partial charge on any atom is -0.506 e. The quantitative estimate of drug-likeness (QED) is 0.628. The molecule has 2 aromatic carbocycles. The van der Waals surface area contributed by atoms with Gasteiger partial charge < -0.3 is 9.52 Å². The van der Waals surface area contributed by atoms with Gasteiger partial charge in [0.25, 0.3) is 0 Å². The summed E-state index contributed by atoms with van der Waals surface area (Å²) in [6.45, 7) is 0. The van der Waals surface area contributed by atoms with Gasteiger partial charge in [-0.15, -0.1) is 0 Å². The van der Waals surface area contributed by atoms with E-state index in [1.165, 1.54) is 6.26 Å². The normalized spacial score (nSPS) is 10.9. The Balaban J connectivity index is 2.23. The SMILES string of the molecule is O=C(c1ccccc1)c1coc2cc(Br)c(O)c(Br)c12. The molecule has 0 atom stereocenters. The number of benzene rings is 2. The molecule has 3 rings (SSSR count). The maximum atomic E-state index is 12.5. The maximum Gasteiger partial charge on any atom is 0.196 e. The molecule has 0 bridgehead atoms. The highest BCUT2D eigenvalue weighted by Crippen LogP contribution is 2.41. The number of fused-ring (bicyclic) bond motifs is 1. The molecule has 0 aliphatic carbocycles. The van der Waals surface area contributed by atoms with E-state index >= 15 is 0 Å². The predicted octanol–water partition coefficient (Wildman–Crippen LogP) is 4.89. The van der Waals surface area contributed by atoms with Crippen LogP contribution in [0.4, 0.5) is 0 Å². The van der Waals surface area contributed by atoms with Crippen LogP contribution in [0.3, 0.4) is 0 Å². The number of phenolic OH excluding ortho intramolecular Hbond substituents is 1. The molecule has 5 heteroatoms. The van der Waals surface area contributed by atoms with Gasteiger partial charge in [0.15, 0.2) is 5.78 Å². The summed E-state index contributed by atoms with van der Waals surface area (Å²) >= 11 is 6.54. The number of carbonyl (C=O) groups excluding carboxylic acids is 1. The van der Waals surface area contributed by atoms with Gasteiger partial charge in [0.2, 0.25) is 0 Å². The average Bonchev–Trinajstić information content (AvgIpc) is 2.88. The third-order valence-electron chi connectivity index (χ3n) is 3.01. The highest BCUT2D eigenvalue weighted by molar-refractivity contribution is 9.11. The molecule has 20 heavy (non-hydrogen) atoms. The molecule has 0 saturated heterocycles. The van der Waals surface area contributed by atoms with Crippen molar-refractivity contribution >= 4 is 48.6 Å². The van der Waals surface area contributed by atoms with Gasteiger partial charge in [-0.2, -0.15) is 0 Å². The number of hydrogen-bond acceptors (Lipinski definition) is 3. The van der Waals surface area contributed by atoms with Gasteiger partial charge >= 0.3 is 0 Å². The fourth-order valence-electron chi connectivity index (χ4n) is 2.02. The molecule has 1 N–H and O–H groups in total. The predicted molar refractivity (Wildman–Crippen MR) is 83.2 cm³/mol. The zero-order valence-electron chi connectivity index (χ0n) is 10.1. The Labute approximate surface area is 131 Å². The fourth-order valence-corrected chi connectivity index (χ4v) is 3.32. The van der Waals surface area contributed by atoms with Crippen LogP contribution in [0.25, 0.3) is 11.0 Å². The molecule has 0 radical (unpaired) electrons. The molecule has 0 fully saturated rings. The molecule has 0 spiro atoms. The van der Waals surface area contributed by atoms with Gasteiger partial charge in [0, 0.05) is 10.9 Å². The van der Waals surface area contributed by atoms with Crippen molar-refractivity contribution < 1.29 is 14.3 Å². The minimum absolute atomic E-state index is 0.0426. The van der Waals surface area contributed by atoms with Crippen molar-refractivity contribution in [3.05, 3.63) is 62.7 Å². The van der Waals surface area contributed by atoms with E-state index < -0.39 is 0 Å². The number of phenols is 1. The van der Waals surface area contributed by atoms with E-state index in [-0.39, 0.29) is 11.5 Å². The van der Waals surface area contributed by atoms with Crippen molar-refractivity contribution in [3.63, 3.8) is 0 Å². The first-order chi connectivity index (χ1) is 9.59. The van der Waals surface area contributed by atoms with Crippen molar-refractivity contribution in [3.8, 4) is 5.75 Å². The maximum absolute atomic E-state index is 12.5. The summed E-state index contributed by atoms with van der Waals surface area (Å²) in [5, 5.41) is 10.5. The molecule has 0 aliphatic rings. The molecule has 0 aliphatic heterocycles. The Bertz CT molecular complexity index is 807. The second kappa shape index (κ2) is 5.07. The Morgan fingerprint density at radius 1 is 1.15 bits per heavy atom. The van der Waals surface area contributed by atoms with Crippen LogP contribution in [-0.4, -0.2) is 10.9 Å². The number of halogens is 2. The van der Waals surface area contributed by atoms with E-state index in [1.54, 1.807) is 30.3 Å². The van der Waals surface area contributed by atoms with Crippen LogP contribution in [0.1, 0.15) is 15.9 Å². The number of rotatable bonds is 2. The fraction of sp³-hybridized carbons (Fsp3) is 0. The molecule has 100 valence electrons. The average molecular weight is 396 g/mol. The van der Waals surface area contributed by atoms with Crippen LogP contribution in [0.5, 0.6) is 5.75 Å². The minimum atomic E-state index is -0.147. The van der Waals surface area contributed by atoms with Crippen molar-refractivity contribution in [2.24, 2.45) is 0 Å². The zero-order valence-corrected chi connectivity index (χ0v) is 13.2. The summed E-state index contributed by atoms with van der Waals surface area (Å²) in [5.74, 6) is -0.104. The van der Waals surface area contributed by atoms with E-state index in [0.29, 0.717) is 31.0 Å². The monoisotopic (exact) mass is 394 g/mol. The number of hydrogen-bond donors (Lipinski definition) is 1. The Morgan fingerprint density at radius 3 is 2.55 bits per heavy atom. The number of carbonyl (C=O) groups is 1. The van der Waals surface area contributed by atoms with E-state index in [1.807, 2.05) is 6.07 Å². The third kappa shape index (κ3) is 2.07. The summed E-state index contributed by atoms with van der Waals surface area (Å²) in [6, 6.07) is 10.6. The van der Waals surface area contributed by atoms with Gasteiger partial charge in [0.1, 0.15) is 17.6 Å². The van der Waals surface area contributed by atoms with Gasteiger partial charge in [-0.25, -0.2) is 0 Å². The first kappa shape index (κ1) is 13.4. The lowest BCUT2D eigenvalue weighted by atomic mass is 10.0. The molecule has 3 nitrogen and oxygen atoms in total. The van der Waals surface area contributed by atoms with Crippen molar-refractivity contribution in [2.45, 2.75) is 0 Å². The highest BCUT2D eigenvalue weighted by atomic mass is 79.9. The summed E-state index contributed by atoms with van der Waals surface area (Å²) in [4.78, 5) is 12.5. The van der Waals surface area contributed by atoms with E-state index in [4.69, 9.17) is 4.42 Å². The van der Waals surface area contributed by atoms with Crippen molar-refractivity contribution in [2.75, 3.05) is 0 Å². The molecule has 3 aromatic rings. The van der Waals surface area contributed by atoms with Crippen LogP contribution in [0.15, 0.2) is 56.0 Å². The van der Waals surface area contributed by atoms with Gasteiger partial charge in [-0.05, 0) is 37.9 Å². The van der Waals surface area contributed by atoms with Crippen LogP contribution in [0.2, 0.25) is 0 Å². The standard InChI is InChI=1S/C15H8Br2O3/c16-10-6-11-12(13(17)15(10)19)9(7-20-11)14(18)8-4-2-1-3-5-8/h1-7,19H. The molecular weight excluding hydrogens is 388 g/mol. The van der Waals surface area contributed by atoms with E-state index in [0.717, 1.165) is 0 Å². The molecular formula is C15H8Br2O3. The molecule has 0 unspecified atom stereocenters. The van der Waals surface area contributed by atoms with Crippen LogP contribution in [0, 0.1) is 0 Å². The van der Waals surface area contributed by atoms with Gasteiger partial charge in [0.05, 0.1) is 14.5 Å². The summed E-state index contributed by atoms with van der Waals surface area (Å²) in [5.41, 5.74) is 1.52. The lowest BCUT2D eigenvalue weighted by molar-refractivity contribution is 0.103. The molecule has 0 saturated carbocycles. The van der Waals surface area contributed by atoms with Crippen LogP contribution < -0.4 is 0 Å². The Morgan fingerprint density at radius 2 is 1.85 bits per heavy atom. The molecule has 1 aromatic heterocycles. The van der Waals surface area contributed by atoms with Gasteiger partial charge in [-0.1, -0.05) is 30.3 Å². The lowest BCUT2D eigenvalue weighted by Crippen LogP contribution is -1.99. The smallest absolute Gasteiger partial charge is 0.196 e. The topological polar surface area (TPSA) is 50.4 Å². The van der Waals surface area contributed by atoms with Crippen molar-refractivity contribution in [1.82, 2.24) is 0 Å². The third-order valence-corrected chi connectivity index (χ3v) is 4.39. The van der Waals surface area contributed by atoms with E-state index in [2.05, 4.69) is 31.9 Å². The molecule has 0 amide bonds. The van der Waals surface area contributed by atoms with Gasteiger partial charge in [-0.3, -0.25) is 4.79 Å². The Kier molecular flexibility index (Phi) is 3.40.